The molecule has 0 saturated carbocycles. The molecule has 5 rings (SSSR count). The lowest BCUT2D eigenvalue weighted by Crippen LogP contribution is -2.44. The molecule has 4 N–H and O–H groups in total. The molecule has 5 heterocycles. The van der Waals surface area contributed by atoms with Crippen LogP contribution in [0.5, 0.6) is 0 Å². The number of phosphoric acid groups is 1. The number of phosphoric ester groups is 1. The van der Waals surface area contributed by atoms with E-state index in [1.54, 1.807) is 12.4 Å². The van der Waals surface area contributed by atoms with Crippen molar-refractivity contribution in [2.75, 3.05) is 18.9 Å². The second-order valence-corrected chi connectivity index (χ2v) is 10.2. The van der Waals surface area contributed by atoms with Crippen molar-refractivity contribution < 1.29 is 33.1 Å². The number of nitrogens with zero attached hydrogens (tertiary/aromatic N) is 5. The van der Waals surface area contributed by atoms with Crippen LogP contribution in [0.4, 0.5) is 5.82 Å². The Morgan fingerprint density at radius 1 is 1.35 bits per heavy atom. The standard InChI is InChI=1S/C20H25N6O7P/c1-11-5-12(7-22-6-11)13-3-4-30-34(29,33-13)31-8-14-16(27)20(2,28)19(32-14)26-10-25-15-17(21)23-9-24-18(15)26/h5-7,9-10,13-14,16,19,27-28H,3-4,8H2,1-2H3,(H2,21,23,24)/t13?,14-,16-,19-,20-,34?/m1/s1. The fourth-order valence-electron chi connectivity index (χ4n) is 4.14. The first kappa shape index (κ1) is 23.2. The molecule has 2 unspecified atom stereocenters. The lowest BCUT2D eigenvalue weighted by molar-refractivity contribution is -0.0953. The van der Waals surface area contributed by atoms with Crippen LogP contribution in [0.2, 0.25) is 0 Å². The minimum Gasteiger partial charge on any atom is -0.387 e. The fraction of sp³-hybridized carbons (Fsp3) is 0.500. The minimum absolute atomic E-state index is 0.159. The molecule has 2 aliphatic heterocycles. The molecule has 6 atom stereocenters. The van der Waals surface area contributed by atoms with Gasteiger partial charge in [-0.2, -0.15) is 0 Å². The quantitative estimate of drug-likeness (QED) is 0.437. The SMILES string of the molecule is Cc1cncc(C2CCOP(=O)(OC[C@H]3O[C@@H](n4cnc5c(N)ncnc54)[C@](C)(O)[C@@H]3O)O2)c1. The van der Waals surface area contributed by atoms with Crippen molar-refractivity contribution in [2.45, 2.75) is 50.4 Å². The van der Waals surface area contributed by atoms with Crippen molar-refractivity contribution in [3.8, 4) is 0 Å². The Labute approximate surface area is 194 Å². The molecule has 34 heavy (non-hydrogen) atoms. The summed E-state index contributed by atoms with van der Waals surface area (Å²) in [7, 11) is -3.95. The van der Waals surface area contributed by atoms with Crippen molar-refractivity contribution >= 4 is 24.8 Å². The molecule has 13 nitrogen and oxygen atoms in total. The highest BCUT2D eigenvalue weighted by Crippen LogP contribution is 2.57. The van der Waals surface area contributed by atoms with Crippen LogP contribution in [0.1, 0.15) is 36.8 Å². The second kappa shape index (κ2) is 8.61. The van der Waals surface area contributed by atoms with Crippen LogP contribution < -0.4 is 5.73 Å². The van der Waals surface area contributed by atoms with Gasteiger partial charge in [0.05, 0.1) is 25.6 Å². The Balaban J connectivity index is 1.31. The maximum Gasteiger partial charge on any atom is 0.475 e. The number of fused-ring (bicyclic) bond motifs is 1. The summed E-state index contributed by atoms with van der Waals surface area (Å²) in [4.78, 5) is 16.4. The molecule has 0 amide bonds. The van der Waals surface area contributed by atoms with Crippen molar-refractivity contribution in [3.05, 3.63) is 42.2 Å². The van der Waals surface area contributed by atoms with E-state index in [4.69, 9.17) is 24.0 Å². The average Bonchev–Trinajstić information content (AvgIpc) is 3.32. The van der Waals surface area contributed by atoms with E-state index < -0.39 is 38.0 Å². The summed E-state index contributed by atoms with van der Waals surface area (Å²) in [6.45, 7) is 3.12. The summed E-state index contributed by atoms with van der Waals surface area (Å²) in [5.74, 6) is 0.171. The average molecular weight is 492 g/mol. The summed E-state index contributed by atoms with van der Waals surface area (Å²) in [5.41, 5.74) is 6.45. The monoisotopic (exact) mass is 492 g/mol. The minimum atomic E-state index is -3.95. The smallest absolute Gasteiger partial charge is 0.387 e. The molecule has 3 aromatic rings. The van der Waals surface area contributed by atoms with Crippen LogP contribution in [-0.2, 0) is 22.9 Å². The first-order chi connectivity index (χ1) is 16.2. The number of aliphatic hydroxyl groups is 2. The van der Waals surface area contributed by atoms with E-state index in [0.717, 1.165) is 11.1 Å². The fourth-order valence-corrected chi connectivity index (χ4v) is 5.54. The van der Waals surface area contributed by atoms with Gasteiger partial charge in [0.15, 0.2) is 17.7 Å². The first-order valence-electron chi connectivity index (χ1n) is 10.7. The molecule has 14 heteroatoms. The van der Waals surface area contributed by atoms with E-state index in [-0.39, 0.29) is 19.0 Å². The summed E-state index contributed by atoms with van der Waals surface area (Å²) < 4.78 is 36.9. The normalized spacial score (nSPS) is 34.0. The number of imidazole rings is 1. The topological polar surface area (TPSA) is 177 Å². The van der Waals surface area contributed by atoms with Gasteiger partial charge in [0.2, 0.25) is 0 Å². The van der Waals surface area contributed by atoms with Gasteiger partial charge in [0.1, 0.15) is 29.7 Å². The van der Waals surface area contributed by atoms with Gasteiger partial charge >= 0.3 is 7.82 Å². The lowest BCUT2D eigenvalue weighted by Gasteiger charge is -2.30. The van der Waals surface area contributed by atoms with Gasteiger partial charge < -0.3 is 20.7 Å². The van der Waals surface area contributed by atoms with Crippen molar-refractivity contribution in [1.29, 1.82) is 0 Å². The third-order valence-corrected chi connectivity index (χ3v) is 7.42. The molecule has 3 aromatic heterocycles. The van der Waals surface area contributed by atoms with Crippen molar-refractivity contribution in [3.63, 3.8) is 0 Å². The molecule has 2 fully saturated rings. The van der Waals surface area contributed by atoms with Gasteiger partial charge in [-0.3, -0.25) is 23.1 Å². The molecule has 0 radical (unpaired) electrons. The zero-order valence-electron chi connectivity index (χ0n) is 18.5. The lowest BCUT2D eigenvalue weighted by atomic mass is 9.96. The second-order valence-electron chi connectivity index (χ2n) is 8.54. The number of rotatable bonds is 5. The van der Waals surface area contributed by atoms with Crippen LogP contribution in [0.3, 0.4) is 0 Å². The number of ether oxygens (including phenoxy) is 1. The molecule has 182 valence electrons. The van der Waals surface area contributed by atoms with Gasteiger partial charge in [-0.05, 0) is 19.4 Å². The number of hydrogen-bond donors (Lipinski definition) is 3. The number of hydrogen-bond acceptors (Lipinski definition) is 12. The summed E-state index contributed by atoms with van der Waals surface area (Å²) >= 11 is 0. The van der Waals surface area contributed by atoms with E-state index in [9.17, 15) is 14.8 Å². The molecule has 2 saturated heterocycles. The maximum atomic E-state index is 13.1. The molecule has 0 bridgehead atoms. The molecule has 0 spiro atoms. The Hall–Kier alpha value is -2.51. The summed E-state index contributed by atoms with van der Waals surface area (Å²) in [6.07, 6.45) is 2.47. The van der Waals surface area contributed by atoms with Crippen LogP contribution in [0.15, 0.2) is 31.1 Å². The van der Waals surface area contributed by atoms with Crippen LogP contribution >= 0.6 is 7.82 Å². The Morgan fingerprint density at radius 2 is 2.18 bits per heavy atom. The molecule has 0 aliphatic carbocycles. The Morgan fingerprint density at radius 3 is 2.97 bits per heavy atom. The van der Waals surface area contributed by atoms with Crippen LogP contribution in [0, 0.1) is 6.92 Å². The van der Waals surface area contributed by atoms with Crippen molar-refractivity contribution in [2.24, 2.45) is 0 Å². The number of nitrogens with two attached hydrogens (primary N) is 1. The first-order valence-corrected chi connectivity index (χ1v) is 12.1. The van der Waals surface area contributed by atoms with E-state index in [1.165, 1.54) is 24.1 Å². The van der Waals surface area contributed by atoms with Crippen LogP contribution in [0.25, 0.3) is 11.2 Å². The molecule has 0 aromatic carbocycles. The molecular formula is C20H25N6O7P. The van der Waals surface area contributed by atoms with E-state index in [1.807, 2.05) is 13.0 Å². The Kier molecular flexibility index (Phi) is 5.89. The Bertz CT molecular complexity index is 1250. The number of aryl methyl sites for hydroxylation is 1. The van der Waals surface area contributed by atoms with Gasteiger partial charge in [-0.15, -0.1) is 0 Å². The number of nitrogen functional groups attached to an aromatic ring is 1. The number of aromatic nitrogens is 5. The van der Waals surface area contributed by atoms with Gasteiger partial charge in [-0.25, -0.2) is 19.5 Å². The summed E-state index contributed by atoms with van der Waals surface area (Å²) in [5, 5.41) is 21.8. The predicted molar refractivity (Wildman–Crippen MR) is 117 cm³/mol. The summed E-state index contributed by atoms with van der Waals surface area (Å²) in [6, 6.07) is 1.89. The highest BCUT2D eigenvalue weighted by Gasteiger charge is 2.54. The number of pyridine rings is 1. The highest BCUT2D eigenvalue weighted by atomic mass is 31.2. The van der Waals surface area contributed by atoms with E-state index in [0.29, 0.717) is 17.6 Å². The highest BCUT2D eigenvalue weighted by molar-refractivity contribution is 7.48. The van der Waals surface area contributed by atoms with E-state index in [2.05, 4.69) is 19.9 Å². The van der Waals surface area contributed by atoms with Gasteiger partial charge in [0.25, 0.3) is 0 Å². The van der Waals surface area contributed by atoms with Crippen LogP contribution in [-0.4, -0.2) is 65.7 Å². The number of aliphatic hydroxyl groups excluding tert-OH is 1. The number of anilines is 1. The zero-order chi connectivity index (χ0) is 24.1. The molecule has 2 aliphatic rings. The maximum absolute atomic E-state index is 13.1. The third-order valence-electron chi connectivity index (χ3n) is 5.94. The van der Waals surface area contributed by atoms with Crippen molar-refractivity contribution in [1.82, 2.24) is 24.5 Å². The molecular weight excluding hydrogens is 467 g/mol. The predicted octanol–water partition coefficient (Wildman–Crippen LogP) is 1.42. The van der Waals surface area contributed by atoms with Gasteiger partial charge in [-0.1, -0.05) is 6.07 Å². The third kappa shape index (κ3) is 4.09. The zero-order valence-corrected chi connectivity index (χ0v) is 19.4. The van der Waals surface area contributed by atoms with Gasteiger partial charge in [0, 0.05) is 24.4 Å². The van der Waals surface area contributed by atoms with E-state index >= 15 is 0 Å². The largest absolute Gasteiger partial charge is 0.475 e.